The fourth-order valence-corrected chi connectivity index (χ4v) is 5.81. The van der Waals surface area contributed by atoms with Gasteiger partial charge in [0, 0.05) is 55.1 Å². The second-order valence-electron chi connectivity index (χ2n) is 9.29. The molecule has 3 fully saturated rings. The van der Waals surface area contributed by atoms with Gasteiger partial charge in [-0.2, -0.15) is 0 Å². The van der Waals surface area contributed by atoms with Gasteiger partial charge in [-0.25, -0.2) is 0 Å². The maximum absolute atomic E-state index is 13.4. The minimum atomic E-state index is 0.0215. The van der Waals surface area contributed by atoms with Crippen LogP contribution in [0.1, 0.15) is 42.5 Å². The first kappa shape index (κ1) is 21.3. The highest BCUT2D eigenvalue weighted by Gasteiger charge is 2.39. The Hall–Kier alpha value is -2.60. The molecule has 2 aromatic carbocycles. The van der Waals surface area contributed by atoms with Crippen LogP contribution in [-0.2, 0) is 9.53 Å². The molecule has 0 bridgehead atoms. The van der Waals surface area contributed by atoms with Crippen molar-refractivity contribution in [1.29, 1.82) is 0 Å². The fraction of sp³-hybridized carbons (Fsp3) is 0.538. The van der Waals surface area contributed by atoms with E-state index in [1.165, 1.54) is 0 Å². The number of fused-ring (bicyclic) bond motifs is 2. The van der Waals surface area contributed by atoms with Gasteiger partial charge in [0.1, 0.15) is 5.75 Å². The summed E-state index contributed by atoms with van der Waals surface area (Å²) in [7, 11) is 1.65. The van der Waals surface area contributed by atoms with Crippen LogP contribution >= 0.6 is 0 Å². The number of ether oxygens (including phenoxy) is 2. The summed E-state index contributed by atoms with van der Waals surface area (Å²) in [5, 5.41) is 1.86. The van der Waals surface area contributed by atoms with Crippen molar-refractivity contribution in [3.05, 3.63) is 42.0 Å². The van der Waals surface area contributed by atoms with Crippen molar-refractivity contribution in [3.63, 3.8) is 0 Å². The molecule has 2 aromatic rings. The van der Waals surface area contributed by atoms with Crippen LogP contribution in [0.15, 0.2) is 36.4 Å². The van der Waals surface area contributed by atoms with Crippen molar-refractivity contribution in [2.45, 2.75) is 38.1 Å². The van der Waals surface area contributed by atoms with Crippen LogP contribution in [0.25, 0.3) is 10.8 Å². The Bertz CT molecular complexity index is 996. The van der Waals surface area contributed by atoms with Gasteiger partial charge in [0.25, 0.3) is 5.91 Å². The number of piperidine rings is 2. The van der Waals surface area contributed by atoms with Gasteiger partial charge in [-0.1, -0.05) is 24.3 Å². The van der Waals surface area contributed by atoms with Crippen molar-refractivity contribution in [2.75, 3.05) is 40.0 Å². The lowest BCUT2D eigenvalue weighted by Crippen LogP contribution is -2.54. The molecule has 0 aromatic heterocycles. The second-order valence-corrected chi connectivity index (χ2v) is 9.29. The molecule has 0 radical (unpaired) electrons. The number of rotatable bonds is 3. The zero-order valence-electron chi connectivity index (χ0n) is 18.8. The van der Waals surface area contributed by atoms with Crippen LogP contribution < -0.4 is 4.74 Å². The summed E-state index contributed by atoms with van der Waals surface area (Å²) >= 11 is 0. The summed E-state index contributed by atoms with van der Waals surface area (Å²) in [6, 6.07) is 11.9. The summed E-state index contributed by atoms with van der Waals surface area (Å²) in [5.41, 5.74) is 0.701. The Labute approximate surface area is 189 Å². The molecule has 6 nitrogen and oxygen atoms in total. The monoisotopic (exact) mass is 436 g/mol. The van der Waals surface area contributed by atoms with Crippen molar-refractivity contribution < 1.29 is 19.1 Å². The number of hydrogen-bond donors (Lipinski definition) is 0. The van der Waals surface area contributed by atoms with Gasteiger partial charge in [-0.3, -0.25) is 9.59 Å². The van der Waals surface area contributed by atoms with Crippen molar-refractivity contribution in [1.82, 2.24) is 9.80 Å². The van der Waals surface area contributed by atoms with Gasteiger partial charge in [-0.15, -0.1) is 0 Å². The molecule has 170 valence electrons. The third-order valence-electron chi connectivity index (χ3n) is 7.56. The minimum Gasteiger partial charge on any atom is -0.496 e. The standard InChI is InChI=1S/C26H32N2O4/c1-31-24-9-8-22(20-6-2-3-7-21(20)24)26(30)27-14-10-18(11-15-27)25(29)28-13-4-5-19-17-32-16-12-23(19)28/h2-3,6-9,18-19,23H,4-5,10-17H2,1H3/t19-,23+/m1/s1. The lowest BCUT2D eigenvalue weighted by Gasteiger charge is -2.45. The number of nitrogens with zero attached hydrogens (tertiary/aromatic N) is 2. The van der Waals surface area contributed by atoms with Gasteiger partial charge in [0.15, 0.2) is 0 Å². The maximum atomic E-state index is 13.4. The van der Waals surface area contributed by atoms with E-state index >= 15 is 0 Å². The number of carbonyl (C=O) groups is 2. The van der Waals surface area contributed by atoms with Crippen molar-refractivity contribution in [3.8, 4) is 5.75 Å². The molecule has 3 aliphatic heterocycles. The quantitative estimate of drug-likeness (QED) is 0.736. The van der Waals surface area contributed by atoms with E-state index in [2.05, 4.69) is 4.90 Å². The molecule has 0 N–H and O–H groups in total. The van der Waals surface area contributed by atoms with Gasteiger partial charge < -0.3 is 19.3 Å². The summed E-state index contributed by atoms with van der Waals surface area (Å²) in [5.74, 6) is 1.62. The number of amides is 2. The molecule has 0 unspecified atom stereocenters. The summed E-state index contributed by atoms with van der Waals surface area (Å²) < 4.78 is 11.1. The van der Waals surface area contributed by atoms with Crippen molar-refractivity contribution in [2.24, 2.45) is 11.8 Å². The lowest BCUT2D eigenvalue weighted by molar-refractivity contribution is -0.146. The molecule has 0 saturated carbocycles. The molecule has 3 aliphatic rings. The van der Waals surface area contributed by atoms with E-state index in [1.54, 1.807) is 7.11 Å². The van der Waals surface area contributed by atoms with E-state index in [-0.39, 0.29) is 11.8 Å². The van der Waals surface area contributed by atoms with Gasteiger partial charge in [-0.05, 0) is 49.6 Å². The zero-order chi connectivity index (χ0) is 22.1. The Morgan fingerprint density at radius 2 is 1.75 bits per heavy atom. The molecule has 5 rings (SSSR count). The van der Waals surface area contributed by atoms with E-state index in [0.717, 1.165) is 68.4 Å². The molecule has 2 amide bonds. The summed E-state index contributed by atoms with van der Waals surface area (Å²) in [4.78, 5) is 30.8. The number of carbonyl (C=O) groups excluding carboxylic acids is 2. The molecule has 6 heteroatoms. The summed E-state index contributed by atoms with van der Waals surface area (Å²) in [6.45, 7) is 3.67. The molecule has 0 spiro atoms. The van der Waals surface area contributed by atoms with Crippen LogP contribution in [0.2, 0.25) is 0 Å². The number of hydrogen-bond acceptors (Lipinski definition) is 4. The van der Waals surface area contributed by atoms with Crippen LogP contribution in [0.3, 0.4) is 0 Å². The van der Waals surface area contributed by atoms with Crippen LogP contribution in [0, 0.1) is 11.8 Å². The van der Waals surface area contributed by atoms with Gasteiger partial charge in [0.05, 0.1) is 13.7 Å². The first-order valence-corrected chi connectivity index (χ1v) is 11.9. The molecular formula is C26H32N2O4. The highest BCUT2D eigenvalue weighted by atomic mass is 16.5. The van der Waals surface area contributed by atoms with Gasteiger partial charge in [0.2, 0.25) is 5.91 Å². The molecule has 3 saturated heterocycles. The van der Waals surface area contributed by atoms with E-state index in [4.69, 9.17) is 9.47 Å². The predicted molar refractivity (Wildman–Crippen MR) is 123 cm³/mol. The van der Waals surface area contributed by atoms with Crippen LogP contribution in [-0.4, -0.2) is 67.6 Å². The van der Waals surface area contributed by atoms with E-state index < -0.39 is 0 Å². The molecular weight excluding hydrogens is 404 g/mol. The number of methoxy groups -OCH3 is 1. The minimum absolute atomic E-state index is 0.0215. The average molecular weight is 437 g/mol. The number of benzene rings is 2. The molecule has 0 aliphatic carbocycles. The first-order valence-electron chi connectivity index (χ1n) is 11.9. The summed E-state index contributed by atoms with van der Waals surface area (Å²) in [6.07, 6.45) is 4.67. The fourth-order valence-electron chi connectivity index (χ4n) is 5.81. The van der Waals surface area contributed by atoms with E-state index in [1.807, 2.05) is 41.3 Å². The van der Waals surface area contributed by atoms with E-state index in [0.29, 0.717) is 36.5 Å². The van der Waals surface area contributed by atoms with Crippen LogP contribution in [0.4, 0.5) is 0 Å². The third kappa shape index (κ3) is 3.85. The highest BCUT2D eigenvalue weighted by Crippen LogP contribution is 2.33. The first-order chi connectivity index (χ1) is 15.7. The normalized spacial score (nSPS) is 24.3. The largest absolute Gasteiger partial charge is 0.496 e. The SMILES string of the molecule is COc1ccc(C(=O)N2CCC(C(=O)N3CCC[C@@H]4COCC[C@@H]43)CC2)c2ccccc12. The van der Waals surface area contributed by atoms with Crippen LogP contribution in [0.5, 0.6) is 5.75 Å². The maximum Gasteiger partial charge on any atom is 0.254 e. The number of likely N-dealkylation sites (tertiary alicyclic amines) is 2. The van der Waals surface area contributed by atoms with Gasteiger partial charge >= 0.3 is 0 Å². The second kappa shape index (κ2) is 9.10. The Morgan fingerprint density at radius 3 is 2.53 bits per heavy atom. The highest BCUT2D eigenvalue weighted by molar-refractivity contribution is 6.08. The van der Waals surface area contributed by atoms with Crippen molar-refractivity contribution >= 4 is 22.6 Å². The smallest absolute Gasteiger partial charge is 0.254 e. The van der Waals surface area contributed by atoms with E-state index in [9.17, 15) is 9.59 Å². The zero-order valence-corrected chi connectivity index (χ0v) is 18.8. The average Bonchev–Trinajstić information content (AvgIpc) is 2.87. The Kier molecular flexibility index (Phi) is 6.05. The molecule has 32 heavy (non-hydrogen) atoms. The molecule has 2 atom stereocenters. The molecule has 3 heterocycles. The Morgan fingerprint density at radius 1 is 0.969 bits per heavy atom. The predicted octanol–water partition coefficient (Wildman–Crippen LogP) is 3.73. The lowest BCUT2D eigenvalue weighted by atomic mass is 9.84. The topological polar surface area (TPSA) is 59.1 Å². The Balaban J connectivity index is 1.26. The third-order valence-corrected chi connectivity index (χ3v) is 7.56.